The number of aromatic nitrogens is 6. The van der Waals surface area contributed by atoms with Crippen molar-refractivity contribution in [2.45, 2.75) is 13.0 Å². The summed E-state index contributed by atoms with van der Waals surface area (Å²) in [7, 11) is 0. The van der Waals surface area contributed by atoms with Crippen LogP contribution in [0.2, 0.25) is 0 Å². The van der Waals surface area contributed by atoms with E-state index in [9.17, 15) is 9.18 Å². The maximum Gasteiger partial charge on any atom is 0.228 e. The van der Waals surface area contributed by atoms with E-state index in [0.717, 1.165) is 30.6 Å². The van der Waals surface area contributed by atoms with Crippen molar-refractivity contribution in [3.8, 4) is 11.6 Å². The molecule has 1 amide bonds. The predicted molar refractivity (Wildman–Crippen MR) is 134 cm³/mol. The van der Waals surface area contributed by atoms with E-state index in [0.29, 0.717) is 60.3 Å². The molecule has 0 aliphatic carbocycles. The number of rotatable bonds is 5. The van der Waals surface area contributed by atoms with E-state index in [-0.39, 0.29) is 17.7 Å². The third-order valence-corrected chi connectivity index (χ3v) is 6.98. The van der Waals surface area contributed by atoms with E-state index in [1.807, 2.05) is 9.58 Å². The zero-order valence-corrected chi connectivity index (χ0v) is 19.8. The first kappa shape index (κ1) is 21.7. The summed E-state index contributed by atoms with van der Waals surface area (Å²) in [6, 6.07) is 6.79. The van der Waals surface area contributed by atoms with Gasteiger partial charge in [0, 0.05) is 38.4 Å². The Labute approximate surface area is 209 Å². The Kier molecular flexibility index (Phi) is 4.86. The van der Waals surface area contributed by atoms with Gasteiger partial charge < -0.3 is 20.4 Å². The monoisotopic (exact) mass is 502 g/mol. The largest absolute Gasteiger partial charge is 0.461 e. The number of nitrogens with one attached hydrogen (secondary N) is 1. The number of piperazine rings is 1. The van der Waals surface area contributed by atoms with Gasteiger partial charge in [-0.25, -0.2) is 14.1 Å². The molecule has 0 radical (unpaired) electrons. The molecule has 188 valence electrons. The van der Waals surface area contributed by atoms with Gasteiger partial charge in [0.2, 0.25) is 17.7 Å². The minimum absolute atomic E-state index is 0.0959. The summed E-state index contributed by atoms with van der Waals surface area (Å²) in [4.78, 5) is 25.1. The number of fused-ring (bicyclic) bond motifs is 4. The average Bonchev–Trinajstić information content (AvgIpc) is 3.68. The summed E-state index contributed by atoms with van der Waals surface area (Å²) >= 11 is 0. The first-order chi connectivity index (χ1) is 18.0. The van der Waals surface area contributed by atoms with Crippen LogP contribution in [-0.4, -0.2) is 72.9 Å². The topological polar surface area (TPSA) is 136 Å². The summed E-state index contributed by atoms with van der Waals surface area (Å²) < 4.78 is 23.4. The van der Waals surface area contributed by atoms with Crippen molar-refractivity contribution < 1.29 is 13.6 Å². The summed E-state index contributed by atoms with van der Waals surface area (Å²) in [6.07, 6.45) is 3.59. The van der Waals surface area contributed by atoms with Gasteiger partial charge in [-0.2, -0.15) is 14.6 Å². The molecule has 1 fully saturated rings. The standard InChI is InChI=1S/C24H23FN10O2/c25-16-12-17-14(11-20(36)28-17)10-18(16)33-6-3-32(4-7-33)5-8-34-22-15(13-27-34)23-29-21(19-2-1-9-37-19)31-35(23)24(26)30-22/h1-2,9-10,12-13H,3-8,11H2,(H2,26,30)(H,28,36). The number of carbonyl (C=O) groups is 1. The minimum atomic E-state index is -0.309. The smallest absolute Gasteiger partial charge is 0.228 e. The van der Waals surface area contributed by atoms with Crippen LogP contribution >= 0.6 is 0 Å². The quantitative estimate of drug-likeness (QED) is 0.369. The van der Waals surface area contributed by atoms with Crippen LogP contribution in [0.3, 0.4) is 0 Å². The highest BCUT2D eigenvalue weighted by Gasteiger charge is 2.25. The average molecular weight is 503 g/mol. The number of nitrogen functional groups attached to an aromatic ring is 1. The van der Waals surface area contributed by atoms with Gasteiger partial charge in [-0.3, -0.25) is 9.69 Å². The number of carbonyl (C=O) groups excluding carboxylic acids is 1. The second-order valence-corrected chi connectivity index (χ2v) is 9.24. The lowest BCUT2D eigenvalue weighted by atomic mass is 10.1. The fraction of sp³-hybridized carbons (Fsp3) is 0.292. The van der Waals surface area contributed by atoms with E-state index in [4.69, 9.17) is 10.2 Å². The molecule has 0 unspecified atom stereocenters. The molecule has 0 atom stereocenters. The summed E-state index contributed by atoms with van der Waals surface area (Å²) in [5.74, 6) is 0.793. The van der Waals surface area contributed by atoms with Crippen LogP contribution in [0, 0.1) is 5.82 Å². The summed E-state index contributed by atoms with van der Waals surface area (Å²) in [6.45, 7) is 4.32. The Bertz CT molecular complexity index is 1650. The normalized spacial score (nSPS) is 16.1. The molecule has 5 aromatic rings. The Hall–Kier alpha value is -4.52. The van der Waals surface area contributed by atoms with E-state index in [1.165, 1.54) is 10.6 Å². The van der Waals surface area contributed by atoms with Gasteiger partial charge in [0.05, 0.1) is 36.5 Å². The molecule has 12 nitrogen and oxygen atoms in total. The fourth-order valence-corrected chi connectivity index (χ4v) is 5.06. The van der Waals surface area contributed by atoms with Crippen molar-refractivity contribution in [3.63, 3.8) is 0 Å². The number of anilines is 3. The number of benzene rings is 1. The van der Waals surface area contributed by atoms with E-state index < -0.39 is 0 Å². The molecular formula is C24H23FN10O2. The Morgan fingerprint density at radius 3 is 2.78 bits per heavy atom. The first-order valence-corrected chi connectivity index (χ1v) is 12.0. The molecule has 1 saturated heterocycles. The number of amides is 1. The Balaban J connectivity index is 1.05. The van der Waals surface area contributed by atoms with Crippen LogP contribution in [0.15, 0.2) is 41.1 Å². The number of furan rings is 1. The zero-order chi connectivity index (χ0) is 25.1. The number of halogens is 1. The third-order valence-electron chi connectivity index (χ3n) is 6.98. The highest BCUT2D eigenvalue weighted by Crippen LogP contribution is 2.31. The van der Waals surface area contributed by atoms with E-state index in [2.05, 4.69) is 30.4 Å². The van der Waals surface area contributed by atoms with Crippen LogP contribution in [0.1, 0.15) is 5.56 Å². The molecule has 2 aliphatic heterocycles. The highest BCUT2D eigenvalue weighted by molar-refractivity contribution is 5.99. The minimum Gasteiger partial charge on any atom is -0.461 e. The van der Waals surface area contributed by atoms with Crippen molar-refractivity contribution in [2.75, 3.05) is 48.7 Å². The first-order valence-electron chi connectivity index (χ1n) is 12.0. The van der Waals surface area contributed by atoms with Crippen LogP contribution in [0.5, 0.6) is 0 Å². The van der Waals surface area contributed by atoms with E-state index in [1.54, 1.807) is 30.7 Å². The molecule has 1 aromatic carbocycles. The van der Waals surface area contributed by atoms with Crippen molar-refractivity contribution >= 4 is 39.9 Å². The maximum absolute atomic E-state index is 14.7. The lowest BCUT2D eigenvalue weighted by molar-refractivity contribution is -0.115. The summed E-state index contributed by atoms with van der Waals surface area (Å²) in [5, 5.41) is 12.4. The lowest BCUT2D eigenvalue weighted by Gasteiger charge is -2.36. The molecule has 13 heteroatoms. The van der Waals surface area contributed by atoms with Gasteiger partial charge >= 0.3 is 0 Å². The Morgan fingerprint density at radius 2 is 1.97 bits per heavy atom. The molecule has 4 aromatic heterocycles. The van der Waals surface area contributed by atoms with E-state index >= 15 is 0 Å². The predicted octanol–water partition coefficient (Wildman–Crippen LogP) is 1.77. The maximum atomic E-state index is 14.7. The van der Waals surface area contributed by atoms with Crippen molar-refractivity contribution in [2.24, 2.45) is 0 Å². The second-order valence-electron chi connectivity index (χ2n) is 9.24. The summed E-state index contributed by atoms with van der Waals surface area (Å²) in [5.41, 5.74) is 9.38. The van der Waals surface area contributed by atoms with Gasteiger partial charge in [0.25, 0.3) is 0 Å². The molecule has 0 saturated carbocycles. The van der Waals surface area contributed by atoms with Crippen molar-refractivity contribution in [1.82, 2.24) is 34.3 Å². The van der Waals surface area contributed by atoms with Crippen molar-refractivity contribution in [3.05, 3.63) is 48.1 Å². The number of hydrogen-bond acceptors (Lipinski definition) is 9. The molecule has 2 aliphatic rings. The van der Waals surface area contributed by atoms with Crippen LogP contribution in [0.4, 0.5) is 21.7 Å². The number of hydrogen-bond donors (Lipinski definition) is 2. The van der Waals surface area contributed by atoms with Crippen LogP contribution in [-0.2, 0) is 17.8 Å². The van der Waals surface area contributed by atoms with Gasteiger partial charge in [0.1, 0.15) is 5.82 Å². The second kappa shape index (κ2) is 8.27. The molecule has 7 rings (SSSR count). The van der Waals surface area contributed by atoms with Crippen molar-refractivity contribution in [1.29, 1.82) is 0 Å². The van der Waals surface area contributed by atoms with Gasteiger partial charge in [-0.15, -0.1) is 5.10 Å². The molecule has 6 heterocycles. The third kappa shape index (κ3) is 3.66. The highest BCUT2D eigenvalue weighted by atomic mass is 19.1. The molecule has 0 spiro atoms. The zero-order valence-electron chi connectivity index (χ0n) is 19.8. The van der Waals surface area contributed by atoms with Crippen LogP contribution < -0.4 is 16.0 Å². The molecule has 0 bridgehead atoms. The molecule has 3 N–H and O–H groups in total. The number of nitrogens with two attached hydrogens (primary N) is 1. The number of nitrogens with zero attached hydrogens (tertiary/aromatic N) is 8. The molecule has 37 heavy (non-hydrogen) atoms. The van der Waals surface area contributed by atoms with Gasteiger partial charge in [-0.05, 0) is 29.8 Å². The van der Waals surface area contributed by atoms with Gasteiger partial charge in [-0.1, -0.05) is 0 Å². The molecular weight excluding hydrogens is 479 g/mol. The SMILES string of the molecule is Nc1nc2c(cnn2CCN2CCN(c3cc4c(cc3F)NC(=O)C4)CC2)c2nc(-c3ccco3)nn12. The van der Waals surface area contributed by atoms with Crippen LogP contribution in [0.25, 0.3) is 28.3 Å². The van der Waals surface area contributed by atoms with Gasteiger partial charge in [0.15, 0.2) is 17.1 Å². The Morgan fingerprint density at radius 1 is 1.11 bits per heavy atom. The fourth-order valence-electron chi connectivity index (χ4n) is 5.06. The lowest BCUT2D eigenvalue weighted by Crippen LogP contribution is -2.47.